The molecule has 1 aliphatic rings. The standard InChI is InChI=1S/C22H24FN3O3/c1-3-25(4-2)12-13-26-19(16-6-5-11-24-14-16)18(21(28)22(26)29)20(27)15-7-9-17(23)10-8-15/h5-11,14,19,27H,3-4,12-13H2,1-2H3/t19-/m1/s1. The van der Waals surface area contributed by atoms with Gasteiger partial charge in [-0.05, 0) is 49.0 Å². The number of benzene rings is 1. The Morgan fingerprint density at radius 3 is 2.45 bits per heavy atom. The maximum Gasteiger partial charge on any atom is 0.295 e. The largest absolute Gasteiger partial charge is 0.507 e. The molecule has 3 rings (SSSR count). The van der Waals surface area contributed by atoms with E-state index in [1.54, 1.807) is 24.5 Å². The van der Waals surface area contributed by atoms with E-state index in [0.717, 1.165) is 13.1 Å². The maximum absolute atomic E-state index is 13.3. The van der Waals surface area contributed by atoms with Crippen molar-refractivity contribution in [2.45, 2.75) is 19.9 Å². The Labute approximate surface area is 169 Å². The summed E-state index contributed by atoms with van der Waals surface area (Å²) in [5, 5.41) is 10.8. The minimum absolute atomic E-state index is 0.00541. The maximum atomic E-state index is 13.3. The molecule has 1 fully saturated rings. The van der Waals surface area contributed by atoms with Crippen molar-refractivity contribution in [3.8, 4) is 0 Å². The van der Waals surface area contributed by atoms with Gasteiger partial charge in [-0.2, -0.15) is 0 Å². The van der Waals surface area contributed by atoms with Crippen LogP contribution < -0.4 is 0 Å². The van der Waals surface area contributed by atoms with Gasteiger partial charge in [-0.15, -0.1) is 0 Å². The minimum Gasteiger partial charge on any atom is -0.507 e. The Morgan fingerprint density at radius 2 is 1.86 bits per heavy atom. The van der Waals surface area contributed by atoms with Crippen molar-refractivity contribution in [1.29, 1.82) is 0 Å². The van der Waals surface area contributed by atoms with E-state index in [0.29, 0.717) is 18.7 Å². The first-order valence-corrected chi connectivity index (χ1v) is 9.64. The highest BCUT2D eigenvalue weighted by molar-refractivity contribution is 6.46. The molecule has 1 aromatic heterocycles. The van der Waals surface area contributed by atoms with Gasteiger partial charge in [0.05, 0.1) is 11.6 Å². The number of amides is 1. The predicted molar refractivity (Wildman–Crippen MR) is 107 cm³/mol. The van der Waals surface area contributed by atoms with E-state index in [1.807, 2.05) is 13.8 Å². The van der Waals surface area contributed by atoms with Gasteiger partial charge < -0.3 is 14.9 Å². The molecule has 1 amide bonds. The number of aliphatic hydroxyl groups excluding tert-OH is 1. The summed E-state index contributed by atoms with van der Waals surface area (Å²) in [6.07, 6.45) is 3.18. The molecule has 2 aromatic rings. The number of ketones is 1. The zero-order valence-electron chi connectivity index (χ0n) is 16.5. The van der Waals surface area contributed by atoms with Crippen LogP contribution in [0.25, 0.3) is 5.76 Å². The van der Waals surface area contributed by atoms with Gasteiger partial charge in [0, 0.05) is 31.0 Å². The van der Waals surface area contributed by atoms with Gasteiger partial charge in [-0.3, -0.25) is 14.6 Å². The smallest absolute Gasteiger partial charge is 0.295 e. The Balaban J connectivity index is 2.06. The van der Waals surface area contributed by atoms with Crippen molar-refractivity contribution in [3.63, 3.8) is 0 Å². The van der Waals surface area contributed by atoms with Crippen LogP contribution in [-0.2, 0) is 9.59 Å². The van der Waals surface area contributed by atoms with Crippen LogP contribution in [0.1, 0.15) is 31.0 Å². The number of aliphatic hydroxyl groups is 1. The number of aromatic nitrogens is 1. The average Bonchev–Trinajstić information content (AvgIpc) is 3.00. The summed E-state index contributed by atoms with van der Waals surface area (Å²) in [7, 11) is 0. The van der Waals surface area contributed by atoms with Crippen molar-refractivity contribution in [2.24, 2.45) is 0 Å². The lowest BCUT2D eigenvalue weighted by molar-refractivity contribution is -0.140. The average molecular weight is 397 g/mol. The molecule has 0 bridgehead atoms. The molecule has 29 heavy (non-hydrogen) atoms. The quantitative estimate of drug-likeness (QED) is 0.442. The van der Waals surface area contributed by atoms with Crippen molar-refractivity contribution >= 4 is 17.4 Å². The fourth-order valence-corrected chi connectivity index (χ4v) is 3.55. The summed E-state index contributed by atoms with van der Waals surface area (Å²) in [4.78, 5) is 33.4. The lowest BCUT2D eigenvalue weighted by atomic mass is 9.96. The highest BCUT2D eigenvalue weighted by atomic mass is 19.1. The zero-order chi connectivity index (χ0) is 21.0. The second kappa shape index (κ2) is 8.96. The third-order valence-electron chi connectivity index (χ3n) is 5.21. The molecule has 0 aliphatic carbocycles. The molecule has 0 spiro atoms. The van der Waals surface area contributed by atoms with E-state index in [1.165, 1.54) is 29.2 Å². The first-order chi connectivity index (χ1) is 14.0. The summed E-state index contributed by atoms with van der Waals surface area (Å²) >= 11 is 0. The number of rotatable bonds is 7. The molecule has 1 saturated heterocycles. The van der Waals surface area contributed by atoms with Gasteiger partial charge >= 0.3 is 0 Å². The second-order valence-electron chi connectivity index (χ2n) is 6.81. The molecule has 7 heteroatoms. The Kier molecular flexibility index (Phi) is 6.39. The molecule has 2 heterocycles. The second-order valence-corrected chi connectivity index (χ2v) is 6.81. The Hall–Kier alpha value is -3.06. The number of halogens is 1. The molecule has 1 aromatic carbocycles. The first-order valence-electron chi connectivity index (χ1n) is 9.64. The minimum atomic E-state index is -0.750. The van der Waals surface area contributed by atoms with Crippen molar-refractivity contribution < 1.29 is 19.1 Å². The molecule has 0 radical (unpaired) electrons. The van der Waals surface area contributed by atoms with E-state index in [4.69, 9.17) is 0 Å². The lowest BCUT2D eigenvalue weighted by Crippen LogP contribution is -2.38. The van der Waals surface area contributed by atoms with E-state index < -0.39 is 23.5 Å². The summed E-state index contributed by atoms with van der Waals surface area (Å²) in [5.74, 6) is -2.18. The summed E-state index contributed by atoms with van der Waals surface area (Å²) < 4.78 is 13.3. The van der Waals surface area contributed by atoms with E-state index in [9.17, 15) is 19.1 Å². The fourth-order valence-electron chi connectivity index (χ4n) is 3.55. The molecule has 1 atom stereocenters. The number of hydrogen-bond acceptors (Lipinski definition) is 5. The van der Waals surface area contributed by atoms with Crippen LogP contribution in [0.5, 0.6) is 0 Å². The molecule has 0 unspecified atom stereocenters. The molecular formula is C22H24FN3O3. The molecular weight excluding hydrogens is 373 g/mol. The molecule has 0 saturated carbocycles. The van der Waals surface area contributed by atoms with E-state index >= 15 is 0 Å². The number of carbonyl (C=O) groups excluding carboxylic acids is 2. The highest BCUT2D eigenvalue weighted by Gasteiger charge is 2.46. The molecule has 152 valence electrons. The van der Waals surface area contributed by atoms with Crippen LogP contribution in [0.2, 0.25) is 0 Å². The summed E-state index contributed by atoms with van der Waals surface area (Å²) in [5.41, 5.74) is 0.908. The van der Waals surface area contributed by atoms with Crippen LogP contribution in [0, 0.1) is 5.82 Å². The molecule has 6 nitrogen and oxygen atoms in total. The summed E-state index contributed by atoms with van der Waals surface area (Å²) in [6.45, 7) is 6.66. The summed E-state index contributed by atoms with van der Waals surface area (Å²) in [6, 6.07) is 7.91. The number of hydrogen-bond donors (Lipinski definition) is 1. The van der Waals surface area contributed by atoms with Gasteiger partial charge in [0.15, 0.2) is 0 Å². The van der Waals surface area contributed by atoms with Gasteiger partial charge in [-0.25, -0.2) is 4.39 Å². The number of Topliss-reactive ketones (excluding diaryl/α,β-unsaturated/α-hetero) is 1. The number of likely N-dealkylation sites (N-methyl/N-ethyl adjacent to an activating group) is 1. The van der Waals surface area contributed by atoms with Crippen LogP contribution in [0.3, 0.4) is 0 Å². The highest BCUT2D eigenvalue weighted by Crippen LogP contribution is 2.38. The normalized spacial score (nSPS) is 18.6. The van der Waals surface area contributed by atoms with E-state index in [-0.39, 0.29) is 16.9 Å². The third-order valence-corrected chi connectivity index (χ3v) is 5.21. The topological polar surface area (TPSA) is 73.7 Å². The van der Waals surface area contributed by atoms with Gasteiger partial charge in [0.1, 0.15) is 11.6 Å². The van der Waals surface area contributed by atoms with E-state index in [2.05, 4.69) is 9.88 Å². The van der Waals surface area contributed by atoms with Gasteiger partial charge in [0.25, 0.3) is 11.7 Å². The number of pyridine rings is 1. The van der Waals surface area contributed by atoms with Crippen LogP contribution >= 0.6 is 0 Å². The van der Waals surface area contributed by atoms with Crippen LogP contribution in [-0.4, -0.2) is 57.8 Å². The Morgan fingerprint density at radius 1 is 1.17 bits per heavy atom. The first kappa shape index (κ1) is 20.7. The molecule has 1 N–H and O–H groups in total. The van der Waals surface area contributed by atoms with Crippen molar-refractivity contribution in [3.05, 3.63) is 71.3 Å². The van der Waals surface area contributed by atoms with Crippen molar-refractivity contribution in [1.82, 2.24) is 14.8 Å². The fraction of sp³-hybridized carbons (Fsp3) is 0.318. The number of nitrogens with zero attached hydrogens (tertiary/aromatic N) is 3. The zero-order valence-corrected chi connectivity index (χ0v) is 16.5. The van der Waals surface area contributed by atoms with Gasteiger partial charge in [0.2, 0.25) is 0 Å². The van der Waals surface area contributed by atoms with Crippen molar-refractivity contribution in [2.75, 3.05) is 26.2 Å². The Bertz CT molecular complexity index is 909. The SMILES string of the molecule is CCN(CC)CCN1C(=O)C(=O)C(=C(O)c2ccc(F)cc2)[C@H]1c1cccnc1. The lowest BCUT2D eigenvalue weighted by Gasteiger charge is -2.28. The molecule has 1 aliphatic heterocycles. The predicted octanol–water partition coefficient (Wildman–Crippen LogP) is 2.98. The van der Waals surface area contributed by atoms with Gasteiger partial charge in [-0.1, -0.05) is 19.9 Å². The van der Waals surface area contributed by atoms with Crippen LogP contribution in [0.15, 0.2) is 54.4 Å². The monoisotopic (exact) mass is 397 g/mol. The number of carbonyl (C=O) groups is 2. The third kappa shape index (κ3) is 4.19. The van der Waals surface area contributed by atoms with Crippen LogP contribution in [0.4, 0.5) is 4.39 Å². The number of likely N-dealkylation sites (tertiary alicyclic amines) is 1.